The second kappa shape index (κ2) is 3.13. The molecule has 0 atom stereocenters. The maximum atomic E-state index is 12.4. The number of rotatable bonds is 1. The SMILES string of the molecule is Fc1cccc([CH]C(F)(F)F)c1. The van der Waals surface area contributed by atoms with Crippen molar-refractivity contribution in [2.24, 2.45) is 0 Å². The fourth-order valence-corrected chi connectivity index (χ4v) is 0.785. The van der Waals surface area contributed by atoms with Gasteiger partial charge in [-0.3, -0.25) is 0 Å². The van der Waals surface area contributed by atoms with Crippen molar-refractivity contribution in [1.29, 1.82) is 0 Å². The molecule has 0 amide bonds. The van der Waals surface area contributed by atoms with Gasteiger partial charge in [0.1, 0.15) is 5.82 Å². The summed E-state index contributed by atoms with van der Waals surface area (Å²) in [6.45, 7) is 0. The van der Waals surface area contributed by atoms with Crippen molar-refractivity contribution in [1.82, 2.24) is 0 Å². The zero-order valence-corrected chi connectivity index (χ0v) is 5.90. The van der Waals surface area contributed by atoms with Crippen LogP contribution in [-0.4, -0.2) is 6.18 Å². The summed E-state index contributed by atoms with van der Waals surface area (Å²) in [5.74, 6) is -0.673. The van der Waals surface area contributed by atoms with Crippen molar-refractivity contribution in [2.75, 3.05) is 0 Å². The van der Waals surface area contributed by atoms with E-state index in [0.29, 0.717) is 0 Å². The largest absolute Gasteiger partial charge is 0.396 e. The molecule has 0 nitrogen and oxygen atoms in total. The Morgan fingerprint density at radius 3 is 2.33 bits per heavy atom. The van der Waals surface area contributed by atoms with E-state index >= 15 is 0 Å². The van der Waals surface area contributed by atoms with Crippen LogP contribution in [-0.2, 0) is 0 Å². The van der Waals surface area contributed by atoms with Crippen molar-refractivity contribution in [3.05, 3.63) is 42.1 Å². The molecule has 1 rings (SSSR count). The standard InChI is InChI=1S/C8H5F4/c9-7-3-1-2-6(4-7)5-8(10,11)12/h1-5H. The van der Waals surface area contributed by atoms with Gasteiger partial charge in [-0.1, -0.05) is 12.1 Å². The van der Waals surface area contributed by atoms with E-state index in [9.17, 15) is 17.6 Å². The van der Waals surface area contributed by atoms with Gasteiger partial charge in [0.2, 0.25) is 0 Å². The number of benzene rings is 1. The number of halogens is 4. The molecule has 0 aliphatic carbocycles. The zero-order chi connectivity index (χ0) is 9.19. The van der Waals surface area contributed by atoms with Crippen LogP contribution < -0.4 is 0 Å². The molecule has 12 heavy (non-hydrogen) atoms. The van der Waals surface area contributed by atoms with E-state index in [1.165, 1.54) is 12.1 Å². The summed E-state index contributed by atoms with van der Waals surface area (Å²) < 4.78 is 47.4. The number of alkyl halides is 3. The van der Waals surface area contributed by atoms with E-state index in [2.05, 4.69) is 0 Å². The van der Waals surface area contributed by atoms with Gasteiger partial charge < -0.3 is 0 Å². The summed E-state index contributed by atoms with van der Waals surface area (Å²) in [6.07, 6.45) is -4.34. The van der Waals surface area contributed by atoms with Crippen molar-refractivity contribution in [3.8, 4) is 0 Å². The molecule has 0 unspecified atom stereocenters. The Morgan fingerprint density at radius 2 is 1.83 bits per heavy atom. The summed E-state index contributed by atoms with van der Waals surface area (Å²) in [6, 6.07) is 4.34. The van der Waals surface area contributed by atoms with Gasteiger partial charge in [-0.15, -0.1) is 0 Å². The van der Waals surface area contributed by atoms with Crippen LogP contribution in [0.1, 0.15) is 5.56 Å². The second-order valence-electron chi connectivity index (χ2n) is 2.24. The minimum Gasteiger partial charge on any atom is -0.207 e. The molecule has 65 valence electrons. The zero-order valence-electron chi connectivity index (χ0n) is 5.90. The highest BCUT2D eigenvalue weighted by molar-refractivity contribution is 5.25. The van der Waals surface area contributed by atoms with Crippen LogP contribution in [0, 0.1) is 12.2 Å². The van der Waals surface area contributed by atoms with Gasteiger partial charge in [0.25, 0.3) is 0 Å². The predicted molar refractivity (Wildman–Crippen MR) is 35.9 cm³/mol. The van der Waals surface area contributed by atoms with Gasteiger partial charge in [-0.25, -0.2) is 4.39 Å². The maximum absolute atomic E-state index is 12.4. The van der Waals surface area contributed by atoms with Gasteiger partial charge in [0.05, 0.1) is 6.42 Å². The maximum Gasteiger partial charge on any atom is 0.396 e. The summed E-state index contributed by atoms with van der Waals surface area (Å²) >= 11 is 0. The molecule has 0 N–H and O–H groups in total. The minimum absolute atomic E-state index is 0.0517. The van der Waals surface area contributed by atoms with Crippen LogP contribution in [0.3, 0.4) is 0 Å². The van der Waals surface area contributed by atoms with E-state index in [4.69, 9.17) is 0 Å². The van der Waals surface area contributed by atoms with E-state index in [0.717, 1.165) is 12.1 Å². The third kappa shape index (κ3) is 2.90. The van der Waals surface area contributed by atoms with Gasteiger partial charge in [-0.2, -0.15) is 13.2 Å². The van der Waals surface area contributed by atoms with Crippen molar-refractivity contribution in [3.63, 3.8) is 0 Å². The fraction of sp³-hybridized carbons (Fsp3) is 0.125. The average Bonchev–Trinajstić information content (AvgIpc) is 1.82. The van der Waals surface area contributed by atoms with Crippen LogP contribution >= 0.6 is 0 Å². The van der Waals surface area contributed by atoms with Gasteiger partial charge in [-0.05, 0) is 17.7 Å². The molecule has 0 aliphatic rings. The smallest absolute Gasteiger partial charge is 0.207 e. The van der Waals surface area contributed by atoms with Gasteiger partial charge in [0, 0.05) is 0 Å². The molecule has 1 aromatic carbocycles. The molecule has 0 aliphatic heterocycles. The topological polar surface area (TPSA) is 0 Å². The Balaban J connectivity index is 2.77. The predicted octanol–water partition coefficient (Wildman–Crippen LogP) is 2.94. The molecule has 0 aromatic heterocycles. The highest BCUT2D eigenvalue weighted by Crippen LogP contribution is 2.23. The lowest BCUT2D eigenvalue weighted by Gasteiger charge is -2.04. The van der Waals surface area contributed by atoms with Crippen molar-refractivity contribution in [2.45, 2.75) is 6.18 Å². The fourth-order valence-electron chi connectivity index (χ4n) is 0.785. The first-order valence-electron chi connectivity index (χ1n) is 3.15. The molecule has 4 heteroatoms. The minimum atomic E-state index is -4.40. The first kappa shape index (κ1) is 9.03. The lowest BCUT2D eigenvalue weighted by Crippen LogP contribution is -2.08. The van der Waals surface area contributed by atoms with Crippen LogP contribution in [0.2, 0.25) is 0 Å². The van der Waals surface area contributed by atoms with E-state index in [1.54, 1.807) is 0 Å². The second-order valence-corrected chi connectivity index (χ2v) is 2.24. The van der Waals surface area contributed by atoms with Gasteiger partial charge in [0.15, 0.2) is 0 Å². The van der Waals surface area contributed by atoms with E-state index in [1.807, 2.05) is 0 Å². The number of hydrogen-bond donors (Lipinski definition) is 0. The Hall–Kier alpha value is -1.06. The molecule has 0 saturated heterocycles. The summed E-state index contributed by atoms with van der Waals surface area (Å²) in [4.78, 5) is 0. The Bertz CT molecular complexity index is 264. The monoisotopic (exact) mass is 177 g/mol. The van der Waals surface area contributed by atoms with Gasteiger partial charge >= 0.3 is 6.18 Å². The van der Waals surface area contributed by atoms with E-state index in [-0.39, 0.29) is 12.0 Å². The highest BCUT2D eigenvalue weighted by atomic mass is 19.4. The van der Waals surface area contributed by atoms with Crippen LogP contribution in [0.5, 0.6) is 0 Å². The molecular formula is C8H5F4. The Kier molecular flexibility index (Phi) is 2.35. The van der Waals surface area contributed by atoms with Crippen molar-refractivity contribution < 1.29 is 17.6 Å². The first-order valence-corrected chi connectivity index (χ1v) is 3.15. The molecule has 0 heterocycles. The Labute approximate surface area is 66.8 Å². The molecule has 0 bridgehead atoms. The molecule has 0 fully saturated rings. The molecule has 0 spiro atoms. The van der Waals surface area contributed by atoms with Crippen molar-refractivity contribution >= 4 is 0 Å². The normalized spacial score (nSPS) is 11.7. The Morgan fingerprint density at radius 1 is 1.17 bits per heavy atom. The van der Waals surface area contributed by atoms with E-state index < -0.39 is 12.0 Å². The third-order valence-corrected chi connectivity index (χ3v) is 1.18. The first-order chi connectivity index (χ1) is 5.47. The molecule has 1 aromatic rings. The number of hydrogen-bond acceptors (Lipinski definition) is 0. The van der Waals surface area contributed by atoms with Crippen LogP contribution in [0.25, 0.3) is 0 Å². The summed E-state index contributed by atoms with van der Waals surface area (Å²) in [5, 5.41) is 0. The highest BCUT2D eigenvalue weighted by Gasteiger charge is 2.28. The third-order valence-electron chi connectivity index (χ3n) is 1.18. The summed E-state index contributed by atoms with van der Waals surface area (Å²) in [5.41, 5.74) is -0.178. The van der Waals surface area contributed by atoms with Crippen LogP contribution in [0.15, 0.2) is 24.3 Å². The lowest BCUT2D eigenvalue weighted by atomic mass is 10.1. The molecule has 1 radical (unpaired) electrons. The average molecular weight is 177 g/mol. The molecule has 0 saturated carbocycles. The molecular weight excluding hydrogens is 172 g/mol. The quantitative estimate of drug-likeness (QED) is 0.578. The summed E-state index contributed by atoms with van der Waals surface area (Å²) in [7, 11) is 0. The van der Waals surface area contributed by atoms with Crippen LogP contribution in [0.4, 0.5) is 17.6 Å². The lowest BCUT2D eigenvalue weighted by molar-refractivity contribution is -0.0927.